The van der Waals surface area contributed by atoms with Crippen molar-refractivity contribution in [2.45, 2.75) is 26.7 Å². The second-order valence-electron chi connectivity index (χ2n) is 7.02. The number of nitrogens with one attached hydrogen (secondary N) is 1. The van der Waals surface area contributed by atoms with E-state index < -0.39 is 23.5 Å². The minimum absolute atomic E-state index is 0.181. The summed E-state index contributed by atoms with van der Waals surface area (Å²) in [6, 6.07) is 4.59. The van der Waals surface area contributed by atoms with Crippen molar-refractivity contribution < 1.29 is 27.9 Å². The number of ether oxygens (including phenoxy) is 1. The molecule has 2 aromatic rings. The van der Waals surface area contributed by atoms with E-state index in [4.69, 9.17) is 4.74 Å². The summed E-state index contributed by atoms with van der Waals surface area (Å²) in [7, 11) is 0. The van der Waals surface area contributed by atoms with E-state index in [1.807, 2.05) is 0 Å². The minimum atomic E-state index is -0.898. The van der Waals surface area contributed by atoms with Crippen LogP contribution in [-0.4, -0.2) is 42.4 Å². The van der Waals surface area contributed by atoms with Crippen molar-refractivity contribution in [1.82, 2.24) is 4.90 Å². The quantitative estimate of drug-likeness (QED) is 0.719. The van der Waals surface area contributed by atoms with Crippen LogP contribution in [0.15, 0.2) is 24.3 Å². The van der Waals surface area contributed by atoms with Crippen molar-refractivity contribution in [3.63, 3.8) is 0 Å². The van der Waals surface area contributed by atoms with Crippen molar-refractivity contribution in [3.8, 4) is 0 Å². The Hall–Kier alpha value is -2.81. The Kier molecular flexibility index (Phi) is 6.81. The Labute approximate surface area is 176 Å². The van der Waals surface area contributed by atoms with Gasteiger partial charge in [-0.25, -0.2) is 13.6 Å². The highest BCUT2D eigenvalue weighted by Crippen LogP contribution is 2.29. The van der Waals surface area contributed by atoms with E-state index in [1.165, 1.54) is 4.90 Å². The fraction of sp³-hybridized carbons (Fsp3) is 0.381. The number of thiophene rings is 1. The predicted molar refractivity (Wildman–Crippen MR) is 109 cm³/mol. The van der Waals surface area contributed by atoms with Crippen LogP contribution < -0.4 is 5.32 Å². The molecule has 1 N–H and O–H groups in total. The van der Waals surface area contributed by atoms with Gasteiger partial charge >= 0.3 is 5.97 Å². The van der Waals surface area contributed by atoms with Crippen LogP contribution in [0.5, 0.6) is 0 Å². The lowest BCUT2D eigenvalue weighted by Crippen LogP contribution is -2.41. The molecule has 1 aromatic heterocycles. The number of carbonyl (C=O) groups excluding carboxylic acids is 3. The van der Waals surface area contributed by atoms with Crippen molar-refractivity contribution >= 4 is 34.1 Å². The van der Waals surface area contributed by atoms with Crippen LogP contribution in [0.4, 0.5) is 13.8 Å². The maximum atomic E-state index is 13.9. The van der Waals surface area contributed by atoms with E-state index in [9.17, 15) is 23.2 Å². The molecule has 1 aliphatic rings. The molecule has 0 aliphatic carbocycles. The summed E-state index contributed by atoms with van der Waals surface area (Å²) in [6.07, 6.45) is 0.852. The fourth-order valence-corrected chi connectivity index (χ4v) is 4.31. The van der Waals surface area contributed by atoms with Crippen LogP contribution in [0, 0.1) is 24.5 Å². The Morgan fingerprint density at radius 1 is 1.20 bits per heavy atom. The molecule has 0 unspecified atom stereocenters. The van der Waals surface area contributed by atoms with Crippen LogP contribution in [0.2, 0.25) is 0 Å². The monoisotopic (exact) mass is 436 g/mol. The molecule has 9 heteroatoms. The molecule has 1 aliphatic heterocycles. The number of carbonyl (C=O) groups is 3. The first kappa shape index (κ1) is 21.9. The average molecular weight is 436 g/mol. The molecule has 1 saturated heterocycles. The smallest absolute Gasteiger partial charge is 0.348 e. The van der Waals surface area contributed by atoms with E-state index in [1.54, 1.807) is 19.9 Å². The summed E-state index contributed by atoms with van der Waals surface area (Å²) in [5, 5.41) is 3.39. The molecule has 6 nitrogen and oxygen atoms in total. The number of nitrogens with zero attached hydrogens (tertiary/aromatic N) is 1. The maximum absolute atomic E-state index is 13.9. The molecule has 3 rings (SSSR count). The highest BCUT2D eigenvalue weighted by molar-refractivity contribution is 7.18. The Morgan fingerprint density at radius 2 is 1.90 bits per heavy atom. The highest BCUT2D eigenvalue weighted by atomic mass is 32.1. The number of likely N-dealkylation sites (tertiary alicyclic amines) is 1. The third-order valence-corrected chi connectivity index (χ3v) is 6.07. The zero-order valence-corrected chi connectivity index (χ0v) is 17.5. The number of piperidine rings is 1. The summed E-state index contributed by atoms with van der Waals surface area (Å²) in [5.74, 6) is -3.06. The molecule has 2 amide bonds. The number of hydrogen-bond acceptors (Lipinski definition) is 5. The van der Waals surface area contributed by atoms with Gasteiger partial charge in [-0.1, -0.05) is 0 Å². The standard InChI is InChI=1S/C21H22F2N2O4S/c1-3-29-21(28)18-12(2)10-17(30-18)24-19(26)13-6-8-25(9-7-13)20(27)15-5-4-14(22)11-16(15)23/h4-5,10-11,13H,3,6-9H2,1-2H3,(H,24,26). The van der Waals surface area contributed by atoms with Crippen molar-refractivity contribution in [2.75, 3.05) is 25.0 Å². The molecule has 0 bridgehead atoms. The molecule has 0 saturated carbocycles. The van der Waals surface area contributed by atoms with E-state index in [0.29, 0.717) is 41.9 Å². The molecule has 2 heterocycles. The maximum Gasteiger partial charge on any atom is 0.348 e. The molecule has 0 spiro atoms. The Bertz CT molecular complexity index is 968. The third kappa shape index (κ3) is 4.84. The topological polar surface area (TPSA) is 75.7 Å². The first-order valence-corrected chi connectivity index (χ1v) is 10.4. The summed E-state index contributed by atoms with van der Waals surface area (Å²) >= 11 is 1.16. The van der Waals surface area contributed by atoms with Crippen LogP contribution in [0.3, 0.4) is 0 Å². The molecular weight excluding hydrogens is 414 g/mol. The molecule has 1 fully saturated rings. The van der Waals surface area contributed by atoms with Crippen molar-refractivity contribution in [2.24, 2.45) is 5.92 Å². The van der Waals surface area contributed by atoms with Gasteiger partial charge in [0.1, 0.15) is 16.5 Å². The first-order chi connectivity index (χ1) is 14.3. The van der Waals surface area contributed by atoms with E-state index in [0.717, 1.165) is 29.0 Å². The summed E-state index contributed by atoms with van der Waals surface area (Å²) in [4.78, 5) is 38.9. The van der Waals surface area contributed by atoms with Gasteiger partial charge in [-0.3, -0.25) is 9.59 Å². The number of hydrogen-bond donors (Lipinski definition) is 1. The molecular formula is C21H22F2N2O4S. The van der Waals surface area contributed by atoms with Gasteiger partial charge in [-0.2, -0.15) is 0 Å². The van der Waals surface area contributed by atoms with Crippen LogP contribution in [-0.2, 0) is 9.53 Å². The minimum Gasteiger partial charge on any atom is -0.462 e. The summed E-state index contributed by atoms with van der Waals surface area (Å²) < 4.78 is 31.9. The number of esters is 1. The van der Waals surface area contributed by atoms with Crippen LogP contribution in [0.1, 0.15) is 45.4 Å². The van der Waals surface area contributed by atoms with Gasteiger partial charge < -0.3 is 15.0 Å². The predicted octanol–water partition coefficient (Wildman–Crippen LogP) is 4.00. The molecule has 0 radical (unpaired) electrons. The van der Waals surface area contributed by atoms with E-state index >= 15 is 0 Å². The SMILES string of the molecule is CCOC(=O)c1sc(NC(=O)C2CCN(C(=O)c3ccc(F)cc3F)CC2)cc1C. The lowest BCUT2D eigenvalue weighted by molar-refractivity contribution is -0.121. The number of halogens is 2. The molecule has 30 heavy (non-hydrogen) atoms. The normalized spacial score (nSPS) is 14.5. The zero-order chi connectivity index (χ0) is 21.8. The molecule has 160 valence electrons. The van der Waals surface area contributed by atoms with E-state index in [2.05, 4.69) is 5.32 Å². The summed E-state index contributed by atoms with van der Waals surface area (Å²) in [6.45, 7) is 4.37. The summed E-state index contributed by atoms with van der Waals surface area (Å²) in [5.41, 5.74) is 0.551. The number of benzene rings is 1. The van der Waals surface area contributed by atoms with Gasteiger partial charge in [0.15, 0.2) is 0 Å². The van der Waals surface area contributed by atoms with Gasteiger partial charge in [0.2, 0.25) is 5.91 Å². The zero-order valence-electron chi connectivity index (χ0n) is 16.7. The Balaban J connectivity index is 1.57. The van der Waals surface area contributed by atoms with Crippen molar-refractivity contribution in [3.05, 3.63) is 51.9 Å². The largest absolute Gasteiger partial charge is 0.462 e. The van der Waals surface area contributed by atoms with Gasteiger partial charge in [0.25, 0.3) is 5.91 Å². The second-order valence-corrected chi connectivity index (χ2v) is 8.08. The Morgan fingerprint density at radius 3 is 2.53 bits per heavy atom. The van der Waals surface area contributed by atoms with Crippen molar-refractivity contribution in [1.29, 1.82) is 0 Å². The van der Waals surface area contributed by atoms with Gasteiger partial charge in [0.05, 0.1) is 17.2 Å². The number of aryl methyl sites for hydroxylation is 1. The van der Waals surface area contributed by atoms with Crippen LogP contribution >= 0.6 is 11.3 Å². The molecule has 0 atom stereocenters. The third-order valence-electron chi connectivity index (χ3n) is 4.94. The number of rotatable bonds is 5. The van der Waals surface area contributed by atoms with E-state index in [-0.39, 0.29) is 24.0 Å². The van der Waals surface area contributed by atoms with Gasteiger partial charge in [-0.05, 0) is 50.5 Å². The molecule has 1 aromatic carbocycles. The highest BCUT2D eigenvalue weighted by Gasteiger charge is 2.29. The van der Waals surface area contributed by atoms with Gasteiger partial charge in [-0.15, -0.1) is 11.3 Å². The number of amides is 2. The van der Waals surface area contributed by atoms with Crippen LogP contribution in [0.25, 0.3) is 0 Å². The van der Waals surface area contributed by atoms with Gasteiger partial charge in [0, 0.05) is 25.1 Å². The second kappa shape index (κ2) is 9.34. The average Bonchev–Trinajstić information content (AvgIpc) is 3.08. The number of anilines is 1. The fourth-order valence-electron chi connectivity index (χ4n) is 3.34. The first-order valence-electron chi connectivity index (χ1n) is 9.63. The lowest BCUT2D eigenvalue weighted by atomic mass is 9.95. The lowest BCUT2D eigenvalue weighted by Gasteiger charge is -2.31.